The van der Waals surface area contributed by atoms with E-state index in [2.05, 4.69) is 15.0 Å². The van der Waals surface area contributed by atoms with Gasteiger partial charge in [0.25, 0.3) is 0 Å². The molecule has 0 saturated carbocycles. The van der Waals surface area contributed by atoms with Crippen molar-refractivity contribution in [2.75, 3.05) is 24.6 Å². The lowest BCUT2D eigenvalue weighted by molar-refractivity contribution is -0.129. The summed E-state index contributed by atoms with van der Waals surface area (Å²) in [6, 6.07) is 9.61. The van der Waals surface area contributed by atoms with E-state index in [1.807, 2.05) is 35.2 Å². The molecule has 1 aromatic carbocycles. The zero-order chi connectivity index (χ0) is 16.2. The Morgan fingerprint density at radius 2 is 1.65 bits per heavy atom. The van der Waals surface area contributed by atoms with E-state index in [-0.39, 0.29) is 17.8 Å². The van der Waals surface area contributed by atoms with E-state index < -0.39 is 5.25 Å². The third kappa shape index (κ3) is 3.70. The lowest BCUT2D eigenvalue weighted by Crippen LogP contribution is -2.31. The van der Waals surface area contributed by atoms with Crippen LogP contribution in [0, 0.1) is 0 Å². The van der Waals surface area contributed by atoms with Gasteiger partial charge in [-0.3, -0.25) is 4.79 Å². The maximum absolute atomic E-state index is 12.9. The number of rotatable bonds is 4. The summed E-state index contributed by atoms with van der Waals surface area (Å²) in [6.07, 6.45) is 2.09. The summed E-state index contributed by atoms with van der Waals surface area (Å²) in [7, 11) is 0. The van der Waals surface area contributed by atoms with Crippen LogP contribution in [0.2, 0.25) is 0 Å². The molecule has 120 valence electrons. The Bertz CT molecular complexity index is 669. The Kier molecular flexibility index (Phi) is 4.61. The van der Waals surface area contributed by atoms with E-state index in [1.54, 1.807) is 0 Å². The van der Waals surface area contributed by atoms with Gasteiger partial charge in [-0.1, -0.05) is 42.1 Å². The average Bonchev–Trinajstić information content (AvgIpc) is 3.06. The molecule has 1 amide bonds. The number of hydrogen-bond acceptors (Lipinski definition) is 7. The number of carbonyl (C=O) groups excluding carboxylic acids is 1. The number of benzene rings is 1. The van der Waals surface area contributed by atoms with E-state index in [4.69, 9.17) is 11.5 Å². The Hall–Kier alpha value is -2.35. The molecule has 2 aromatic rings. The Morgan fingerprint density at radius 3 is 2.26 bits per heavy atom. The highest BCUT2D eigenvalue weighted by atomic mass is 32.2. The van der Waals surface area contributed by atoms with Gasteiger partial charge in [0.2, 0.25) is 17.8 Å². The van der Waals surface area contributed by atoms with Crippen LogP contribution in [0.4, 0.5) is 11.9 Å². The molecule has 1 saturated heterocycles. The number of likely N-dealkylation sites (tertiary alicyclic amines) is 1. The standard InChI is InChI=1S/C15H18N6OS/c16-13-18-14(17)20-15(19-13)23-11(10-6-2-1-3-7-10)12(22)21-8-4-5-9-21/h1-3,6-7,11H,4-5,8-9H2,(H4,16,17,18,19,20)/t11-/m0/s1. The molecule has 0 bridgehead atoms. The van der Waals surface area contributed by atoms with Gasteiger partial charge in [-0.25, -0.2) is 0 Å². The number of nitrogens with zero attached hydrogens (tertiary/aromatic N) is 4. The molecule has 0 aliphatic carbocycles. The third-order valence-electron chi connectivity index (χ3n) is 3.62. The van der Waals surface area contributed by atoms with Crippen molar-refractivity contribution >= 4 is 29.6 Å². The minimum Gasteiger partial charge on any atom is -0.368 e. The maximum atomic E-state index is 12.9. The SMILES string of the molecule is Nc1nc(N)nc(S[C@H](C(=O)N2CCCC2)c2ccccc2)n1. The number of nitrogens with two attached hydrogens (primary N) is 2. The molecule has 1 atom stereocenters. The lowest BCUT2D eigenvalue weighted by atomic mass is 10.1. The smallest absolute Gasteiger partial charge is 0.240 e. The molecule has 23 heavy (non-hydrogen) atoms. The topological polar surface area (TPSA) is 111 Å². The molecular weight excluding hydrogens is 312 g/mol. The predicted octanol–water partition coefficient (Wildman–Crippen LogP) is 1.49. The molecule has 1 fully saturated rings. The van der Waals surface area contributed by atoms with Crippen LogP contribution < -0.4 is 11.5 Å². The number of amides is 1. The number of anilines is 2. The number of thioether (sulfide) groups is 1. The van der Waals surface area contributed by atoms with Crippen molar-refractivity contribution in [3.63, 3.8) is 0 Å². The van der Waals surface area contributed by atoms with Crippen LogP contribution in [0.1, 0.15) is 23.7 Å². The first kappa shape index (κ1) is 15.5. The van der Waals surface area contributed by atoms with Crippen LogP contribution in [-0.2, 0) is 4.79 Å². The molecular formula is C15H18N6OS. The van der Waals surface area contributed by atoms with Gasteiger partial charge in [0.1, 0.15) is 5.25 Å². The van der Waals surface area contributed by atoms with Crippen molar-refractivity contribution in [2.24, 2.45) is 0 Å². The monoisotopic (exact) mass is 330 g/mol. The minimum atomic E-state index is -0.421. The Morgan fingerprint density at radius 1 is 1.04 bits per heavy atom. The fourth-order valence-corrected chi connectivity index (χ4v) is 3.59. The zero-order valence-electron chi connectivity index (χ0n) is 12.6. The van der Waals surface area contributed by atoms with Crippen molar-refractivity contribution in [1.29, 1.82) is 0 Å². The molecule has 0 spiro atoms. The molecule has 4 N–H and O–H groups in total. The lowest BCUT2D eigenvalue weighted by Gasteiger charge is -2.22. The van der Waals surface area contributed by atoms with Gasteiger partial charge in [0.05, 0.1) is 0 Å². The molecule has 1 aromatic heterocycles. The molecule has 7 nitrogen and oxygen atoms in total. The molecule has 1 aliphatic rings. The highest BCUT2D eigenvalue weighted by molar-refractivity contribution is 8.00. The van der Waals surface area contributed by atoms with Gasteiger partial charge >= 0.3 is 0 Å². The van der Waals surface area contributed by atoms with Crippen LogP contribution in [-0.4, -0.2) is 38.8 Å². The highest BCUT2D eigenvalue weighted by Gasteiger charge is 2.29. The normalized spacial score (nSPS) is 15.6. The van der Waals surface area contributed by atoms with Crippen LogP contribution in [0.15, 0.2) is 35.5 Å². The van der Waals surface area contributed by atoms with Crippen molar-refractivity contribution in [3.8, 4) is 0 Å². The van der Waals surface area contributed by atoms with E-state index in [0.717, 1.165) is 31.5 Å². The predicted molar refractivity (Wildman–Crippen MR) is 89.5 cm³/mol. The highest BCUT2D eigenvalue weighted by Crippen LogP contribution is 2.36. The Balaban J connectivity index is 1.90. The number of hydrogen-bond donors (Lipinski definition) is 2. The number of carbonyl (C=O) groups is 1. The van der Waals surface area contributed by atoms with E-state index in [0.29, 0.717) is 5.16 Å². The number of nitrogen functional groups attached to an aromatic ring is 2. The van der Waals surface area contributed by atoms with Gasteiger partial charge in [-0.05, 0) is 18.4 Å². The van der Waals surface area contributed by atoms with Crippen molar-refractivity contribution in [1.82, 2.24) is 19.9 Å². The fourth-order valence-electron chi connectivity index (χ4n) is 2.54. The molecule has 2 heterocycles. The van der Waals surface area contributed by atoms with Crippen molar-refractivity contribution in [3.05, 3.63) is 35.9 Å². The molecule has 1 aliphatic heterocycles. The number of aromatic nitrogens is 3. The van der Waals surface area contributed by atoms with Gasteiger partial charge in [0.15, 0.2) is 5.16 Å². The second-order valence-electron chi connectivity index (χ2n) is 5.28. The first-order valence-corrected chi connectivity index (χ1v) is 8.29. The second-order valence-corrected chi connectivity index (χ2v) is 6.35. The summed E-state index contributed by atoms with van der Waals surface area (Å²) in [4.78, 5) is 26.7. The van der Waals surface area contributed by atoms with E-state index in [1.165, 1.54) is 11.8 Å². The molecule has 8 heteroatoms. The van der Waals surface area contributed by atoms with Gasteiger partial charge in [-0.2, -0.15) is 15.0 Å². The minimum absolute atomic E-state index is 0.0560. The summed E-state index contributed by atoms with van der Waals surface area (Å²) >= 11 is 1.25. The van der Waals surface area contributed by atoms with Crippen molar-refractivity contribution in [2.45, 2.75) is 23.2 Å². The van der Waals surface area contributed by atoms with Gasteiger partial charge in [-0.15, -0.1) is 0 Å². The van der Waals surface area contributed by atoms with E-state index in [9.17, 15) is 4.79 Å². The first-order valence-electron chi connectivity index (χ1n) is 7.41. The molecule has 0 radical (unpaired) electrons. The maximum Gasteiger partial charge on any atom is 0.240 e. The second kappa shape index (κ2) is 6.82. The zero-order valence-corrected chi connectivity index (χ0v) is 13.4. The van der Waals surface area contributed by atoms with Crippen molar-refractivity contribution < 1.29 is 4.79 Å². The van der Waals surface area contributed by atoms with Gasteiger partial charge in [0, 0.05) is 13.1 Å². The largest absolute Gasteiger partial charge is 0.368 e. The van der Waals surface area contributed by atoms with Gasteiger partial charge < -0.3 is 16.4 Å². The quantitative estimate of drug-likeness (QED) is 0.817. The van der Waals surface area contributed by atoms with Crippen LogP contribution in [0.5, 0.6) is 0 Å². The summed E-state index contributed by atoms with van der Waals surface area (Å²) in [5.74, 6) is 0.178. The summed E-state index contributed by atoms with van der Waals surface area (Å²) < 4.78 is 0. The summed E-state index contributed by atoms with van der Waals surface area (Å²) in [5, 5.41) is -0.0631. The fraction of sp³-hybridized carbons (Fsp3) is 0.333. The van der Waals surface area contributed by atoms with Crippen LogP contribution >= 0.6 is 11.8 Å². The van der Waals surface area contributed by atoms with Crippen LogP contribution in [0.25, 0.3) is 0 Å². The van der Waals surface area contributed by atoms with Crippen LogP contribution in [0.3, 0.4) is 0 Å². The molecule has 0 unspecified atom stereocenters. The molecule has 3 rings (SSSR count). The third-order valence-corrected chi connectivity index (χ3v) is 4.72. The first-order chi connectivity index (χ1) is 11.1. The average molecular weight is 330 g/mol. The van der Waals surface area contributed by atoms with E-state index >= 15 is 0 Å². The Labute approximate surface area is 138 Å². The summed E-state index contributed by atoms with van der Waals surface area (Å²) in [5.41, 5.74) is 12.2. The summed E-state index contributed by atoms with van der Waals surface area (Å²) in [6.45, 7) is 1.59.